The number of rotatable bonds is 6. The maximum Gasteiger partial charge on any atom is 0.356 e. The zero-order chi connectivity index (χ0) is 26.8. The molecule has 38 heavy (non-hydrogen) atoms. The van der Waals surface area contributed by atoms with Gasteiger partial charge in [0.25, 0.3) is 0 Å². The van der Waals surface area contributed by atoms with Crippen LogP contribution in [0.2, 0.25) is 0 Å². The molecule has 3 heterocycles. The average molecular weight is 515 g/mol. The second kappa shape index (κ2) is 9.97. The molecular weight excluding hydrogens is 494 g/mol. The van der Waals surface area contributed by atoms with Crippen LogP contribution in [-0.4, -0.2) is 53.8 Å². The Morgan fingerprint density at radius 2 is 1.61 bits per heavy atom. The maximum atomic E-state index is 12.7. The summed E-state index contributed by atoms with van der Waals surface area (Å²) in [4.78, 5) is 38.3. The van der Waals surface area contributed by atoms with Gasteiger partial charge >= 0.3 is 17.9 Å². The molecule has 192 valence electrons. The Bertz CT molecular complexity index is 1530. The highest BCUT2D eigenvalue weighted by molar-refractivity contribution is 6.05. The lowest BCUT2D eigenvalue weighted by Gasteiger charge is -2.23. The molecule has 0 aliphatic carbocycles. The summed E-state index contributed by atoms with van der Waals surface area (Å²) in [5.41, 5.74) is 2.16. The van der Waals surface area contributed by atoms with Gasteiger partial charge in [0, 0.05) is 17.5 Å². The smallest absolute Gasteiger partial charge is 0.356 e. The number of hydrogen-bond donors (Lipinski definition) is 1. The second-order valence-corrected chi connectivity index (χ2v) is 8.03. The fraction of sp³-hybridized carbons (Fsp3) is 0.111. The molecule has 2 aliphatic rings. The molecule has 0 radical (unpaired) electrons. The van der Waals surface area contributed by atoms with Crippen molar-refractivity contribution in [1.29, 1.82) is 0 Å². The number of aromatic carboxylic acids is 1. The van der Waals surface area contributed by atoms with Crippen molar-refractivity contribution >= 4 is 23.6 Å². The number of carbonyl (C=O) groups excluding carboxylic acids is 2. The van der Waals surface area contributed by atoms with Crippen LogP contribution in [0, 0.1) is 0 Å². The molecule has 1 aromatic heterocycles. The van der Waals surface area contributed by atoms with Crippen molar-refractivity contribution < 1.29 is 38.4 Å². The van der Waals surface area contributed by atoms with E-state index in [2.05, 4.69) is 5.10 Å². The third-order valence-electron chi connectivity index (χ3n) is 5.86. The minimum absolute atomic E-state index is 0.0228. The summed E-state index contributed by atoms with van der Waals surface area (Å²) in [6.07, 6.45) is 6.36. The first-order valence-corrected chi connectivity index (χ1v) is 11.3. The summed E-state index contributed by atoms with van der Waals surface area (Å²) in [6, 6.07) is 13.6. The lowest BCUT2D eigenvalue weighted by atomic mass is 10.1. The van der Waals surface area contributed by atoms with Gasteiger partial charge in [-0.3, -0.25) is 0 Å². The fourth-order valence-corrected chi connectivity index (χ4v) is 4.06. The van der Waals surface area contributed by atoms with Crippen molar-refractivity contribution in [2.75, 3.05) is 25.9 Å². The molecule has 11 heteroatoms. The number of carbonyl (C=O) groups is 3. The Morgan fingerprint density at radius 1 is 0.895 bits per heavy atom. The predicted octanol–water partition coefficient (Wildman–Crippen LogP) is 3.46. The van der Waals surface area contributed by atoms with E-state index in [0.717, 1.165) is 0 Å². The molecule has 3 aromatic rings. The Kier molecular flexibility index (Phi) is 6.40. The van der Waals surface area contributed by atoms with Gasteiger partial charge in [0.15, 0.2) is 17.2 Å². The minimum Gasteiger partial charge on any atom is -0.476 e. The van der Waals surface area contributed by atoms with Gasteiger partial charge in [-0.15, -0.1) is 0 Å². The summed E-state index contributed by atoms with van der Waals surface area (Å²) in [6.45, 7) is 0.111. The Balaban J connectivity index is 1.56. The van der Waals surface area contributed by atoms with Crippen molar-refractivity contribution in [2.45, 2.75) is 0 Å². The number of nitrogens with zero attached hydrogens (tertiary/aromatic N) is 3. The topological polar surface area (TPSA) is 129 Å². The number of aromatic nitrogens is 2. The third kappa shape index (κ3) is 4.37. The van der Waals surface area contributed by atoms with Gasteiger partial charge in [-0.25, -0.2) is 19.1 Å². The number of carboxylic acids is 1. The highest BCUT2D eigenvalue weighted by atomic mass is 16.7. The molecule has 2 aromatic carbocycles. The van der Waals surface area contributed by atoms with E-state index in [1.807, 2.05) is 0 Å². The van der Waals surface area contributed by atoms with Crippen LogP contribution in [0.25, 0.3) is 16.9 Å². The quantitative estimate of drug-likeness (QED) is 0.487. The van der Waals surface area contributed by atoms with Crippen LogP contribution in [0.4, 0.5) is 5.69 Å². The van der Waals surface area contributed by atoms with Gasteiger partial charge in [0.05, 0.1) is 31.2 Å². The number of esters is 2. The second-order valence-electron chi connectivity index (χ2n) is 8.03. The highest BCUT2D eigenvalue weighted by Gasteiger charge is 2.27. The molecule has 0 amide bonds. The van der Waals surface area contributed by atoms with E-state index in [9.17, 15) is 19.5 Å². The van der Waals surface area contributed by atoms with E-state index in [-0.39, 0.29) is 23.8 Å². The van der Waals surface area contributed by atoms with E-state index in [1.54, 1.807) is 60.8 Å². The number of benzene rings is 2. The molecule has 2 aliphatic heterocycles. The number of allylic oxidation sites excluding steroid dienone is 2. The third-order valence-corrected chi connectivity index (χ3v) is 5.86. The lowest BCUT2D eigenvalue weighted by Crippen LogP contribution is -2.26. The van der Waals surface area contributed by atoms with Gasteiger partial charge in [0.2, 0.25) is 6.79 Å². The van der Waals surface area contributed by atoms with Crippen LogP contribution in [0.15, 0.2) is 84.2 Å². The van der Waals surface area contributed by atoms with Crippen LogP contribution in [0.3, 0.4) is 0 Å². The zero-order valence-corrected chi connectivity index (χ0v) is 20.3. The van der Waals surface area contributed by atoms with Gasteiger partial charge in [0.1, 0.15) is 5.70 Å². The standard InChI is InChI=1S/C27H21N3O8/c1-35-26(33)19-5-3-4-12-29(24(19)27(34)36-2)17-7-9-18(10-8-17)30-21(14-20(28-30)25(31)32)16-6-11-22-23(13-16)38-15-37-22/h3-14H,15H2,1-2H3,(H,31,32). The number of carboxylic acid groups (broad SMARTS) is 1. The summed E-state index contributed by atoms with van der Waals surface area (Å²) in [5.74, 6) is -1.45. The Labute approximate surface area is 216 Å². The average Bonchev–Trinajstić information content (AvgIpc) is 3.54. The summed E-state index contributed by atoms with van der Waals surface area (Å²) in [5, 5.41) is 13.9. The van der Waals surface area contributed by atoms with E-state index < -0.39 is 17.9 Å². The lowest BCUT2D eigenvalue weighted by molar-refractivity contribution is -0.139. The first kappa shape index (κ1) is 24.4. The maximum absolute atomic E-state index is 12.7. The Hall–Kier alpha value is -5.32. The molecular formula is C27H21N3O8. The first-order chi connectivity index (χ1) is 18.4. The molecule has 5 rings (SSSR count). The molecule has 0 saturated heterocycles. The molecule has 11 nitrogen and oxygen atoms in total. The van der Waals surface area contributed by atoms with Crippen molar-refractivity contribution in [2.24, 2.45) is 0 Å². The Morgan fingerprint density at radius 3 is 2.32 bits per heavy atom. The van der Waals surface area contributed by atoms with Crippen LogP contribution in [0.1, 0.15) is 10.5 Å². The highest BCUT2D eigenvalue weighted by Crippen LogP contribution is 2.37. The van der Waals surface area contributed by atoms with Crippen molar-refractivity contribution in [3.63, 3.8) is 0 Å². The fourth-order valence-electron chi connectivity index (χ4n) is 4.06. The van der Waals surface area contributed by atoms with Crippen molar-refractivity contribution in [3.8, 4) is 28.4 Å². The van der Waals surface area contributed by atoms with Crippen LogP contribution in [-0.2, 0) is 19.1 Å². The van der Waals surface area contributed by atoms with E-state index >= 15 is 0 Å². The SMILES string of the molecule is COC(=O)C1=C(C(=O)OC)N(c2ccc(-n3nc(C(=O)O)cc3-c3ccc4c(c3)OCO4)cc2)C=CC=C1. The number of fused-ring (bicyclic) bond motifs is 1. The summed E-state index contributed by atoms with van der Waals surface area (Å²) >= 11 is 0. The zero-order valence-electron chi connectivity index (χ0n) is 20.3. The van der Waals surface area contributed by atoms with Gasteiger partial charge < -0.3 is 29.0 Å². The molecule has 0 saturated carbocycles. The van der Waals surface area contributed by atoms with E-state index in [4.69, 9.17) is 18.9 Å². The largest absolute Gasteiger partial charge is 0.476 e. The summed E-state index contributed by atoms with van der Waals surface area (Å²) < 4.78 is 22.1. The van der Waals surface area contributed by atoms with Gasteiger partial charge in [-0.1, -0.05) is 6.08 Å². The first-order valence-electron chi connectivity index (χ1n) is 11.3. The van der Waals surface area contributed by atoms with Gasteiger partial charge in [-0.05, 0) is 60.7 Å². The molecule has 0 atom stereocenters. The summed E-state index contributed by atoms with van der Waals surface area (Å²) in [7, 11) is 2.45. The van der Waals surface area contributed by atoms with Crippen molar-refractivity contribution in [1.82, 2.24) is 9.78 Å². The predicted molar refractivity (Wildman–Crippen MR) is 134 cm³/mol. The molecule has 0 unspecified atom stereocenters. The minimum atomic E-state index is -1.17. The molecule has 0 bridgehead atoms. The van der Waals surface area contributed by atoms with Crippen molar-refractivity contribution in [3.05, 3.63) is 89.9 Å². The van der Waals surface area contributed by atoms with Crippen LogP contribution >= 0.6 is 0 Å². The molecule has 0 spiro atoms. The van der Waals surface area contributed by atoms with Crippen LogP contribution in [0.5, 0.6) is 11.5 Å². The number of ether oxygens (including phenoxy) is 4. The molecule has 0 fully saturated rings. The molecule has 1 N–H and O–H groups in total. The van der Waals surface area contributed by atoms with Crippen LogP contribution < -0.4 is 14.4 Å². The van der Waals surface area contributed by atoms with E-state index in [0.29, 0.717) is 34.1 Å². The van der Waals surface area contributed by atoms with E-state index in [1.165, 1.54) is 35.9 Å². The number of methoxy groups -OCH3 is 2. The monoisotopic (exact) mass is 515 g/mol. The van der Waals surface area contributed by atoms with Gasteiger partial charge in [-0.2, -0.15) is 5.10 Å². The number of anilines is 1. The number of hydrogen-bond acceptors (Lipinski definition) is 9. The normalized spacial score (nSPS) is 13.9.